The van der Waals surface area contributed by atoms with E-state index in [2.05, 4.69) is 6.92 Å². The molecule has 0 unspecified atom stereocenters. The summed E-state index contributed by atoms with van der Waals surface area (Å²) >= 11 is 0. The predicted molar refractivity (Wildman–Crippen MR) is 59.2 cm³/mol. The lowest BCUT2D eigenvalue weighted by atomic mass is 9.90. The molecular formula is C12H24O2. The lowest BCUT2D eigenvalue weighted by Gasteiger charge is -2.19. The molecule has 0 amide bonds. The van der Waals surface area contributed by atoms with Gasteiger partial charge in [-0.3, -0.25) is 4.79 Å². The van der Waals surface area contributed by atoms with Crippen LogP contribution in [-0.4, -0.2) is 17.0 Å². The van der Waals surface area contributed by atoms with Gasteiger partial charge in [0.05, 0.1) is 6.10 Å². The van der Waals surface area contributed by atoms with Crippen LogP contribution >= 0.6 is 0 Å². The van der Waals surface area contributed by atoms with Crippen molar-refractivity contribution in [2.24, 2.45) is 5.92 Å². The van der Waals surface area contributed by atoms with E-state index in [1.54, 1.807) is 0 Å². The number of hydrogen-bond acceptors (Lipinski definition) is 2. The molecule has 0 aromatic rings. The van der Waals surface area contributed by atoms with Gasteiger partial charge in [0.15, 0.2) is 0 Å². The van der Waals surface area contributed by atoms with Crippen LogP contribution in [0.25, 0.3) is 0 Å². The maximum Gasteiger partial charge on any atom is 0.138 e. The number of Topliss-reactive ketones (excluding diaryl/α,β-unsaturated/α-hetero) is 1. The maximum atomic E-state index is 11.5. The van der Waals surface area contributed by atoms with Gasteiger partial charge in [-0.05, 0) is 12.8 Å². The van der Waals surface area contributed by atoms with Crippen LogP contribution in [0, 0.1) is 5.92 Å². The van der Waals surface area contributed by atoms with Gasteiger partial charge in [-0.25, -0.2) is 0 Å². The van der Waals surface area contributed by atoms with Crippen LogP contribution in [0.2, 0.25) is 0 Å². The van der Waals surface area contributed by atoms with Crippen molar-refractivity contribution >= 4 is 5.78 Å². The largest absolute Gasteiger partial charge is 0.392 e. The third kappa shape index (κ3) is 4.75. The summed E-state index contributed by atoms with van der Waals surface area (Å²) in [5.74, 6) is 0.0772. The van der Waals surface area contributed by atoms with E-state index in [1.165, 1.54) is 0 Å². The molecule has 0 radical (unpaired) electrons. The molecule has 0 spiro atoms. The molecule has 2 heteroatoms. The van der Waals surface area contributed by atoms with Crippen LogP contribution in [-0.2, 0) is 4.79 Å². The summed E-state index contributed by atoms with van der Waals surface area (Å²) < 4.78 is 0. The highest BCUT2D eigenvalue weighted by atomic mass is 16.3. The fourth-order valence-electron chi connectivity index (χ4n) is 1.78. The van der Waals surface area contributed by atoms with Gasteiger partial charge in [-0.1, -0.05) is 40.0 Å². The number of aliphatic hydroxyl groups excluding tert-OH is 1. The number of ketones is 1. The molecule has 0 aliphatic carbocycles. The molecule has 0 aromatic heterocycles. The Kier molecular flexibility index (Phi) is 7.77. The molecule has 0 bridgehead atoms. The van der Waals surface area contributed by atoms with Crippen LogP contribution in [0.1, 0.15) is 59.3 Å². The Morgan fingerprint density at radius 1 is 1.21 bits per heavy atom. The molecule has 0 fully saturated rings. The molecule has 1 N–H and O–H groups in total. The van der Waals surface area contributed by atoms with Crippen molar-refractivity contribution in [3.8, 4) is 0 Å². The number of rotatable bonds is 8. The van der Waals surface area contributed by atoms with Gasteiger partial charge < -0.3 is 5.11 Å². The third-order valence-electron chi connectivity index (χ3n) is 2.77. The summed E-state index contributed by atoms with van der Waals surface area (Å²) in [7, 11) is 0. The third-order valence-corrected chi connectivity index (χ3v) is 2.77. The first-order valence-corrected chi connectivity index (χ1v) is 5.88. The Hall–Kier alpha value is -0.370. The fraction of sp³-hybridized carbons (Fsp3) is 0.917. The topological polar surface area (TPSA) is 37.3 Å². The summed E-state index contributed by atoms with van der Waals surface area (Å²) in [6.07, 6.45) is 5.00. The quantitative estimate of drug-likeness (QED) is 0.612. The Bertz CT molecular complexity index is 154. The highest BCUT2D eigenvalue weighted by Crippen LogP contribution is 2.17. The van der Waals surface area contributed by atoms with Crippen molar-refractivity contribution in [2.45, 2.75) is 65.4 Å². The lowest BCUT2D eigenvalue weighted by Crippen LogP contribution is -2.27. The monoisotopic (exact) mass is 200 g/mol. The second kappa shape index (κ2) is 7.98. The van der Waals surface area contributed by atoms with E-state index < -0.39 is 6.10 Å². The molecule has 84 valence electrons. The van der Waals surface area contributed by atoms with E-state index in [0.717, 1.165) is 32.1 Å². The highest BCUT2D eigenvalue weighted by molar-refractivity contribution is 5.81. The number of hydrogen-bond donors (Lipinski definition) is 1. The fourth-order valence-corrected chi connectivity index (χ4v) is 1.78. The number of aliphatic hydroxyl groups is 1. The number of carbonyl (C=O) groups is 1. The van der Waals surface area contributed by atoms with E-state index in [9.17, 15) is 9.90 Å². The Morgan fingerprint density at radius 3 is 2.29 bits per heavy atom. The SMILES string of the molecule is CCCCC[C@@H](O)[C@@H](CC)C(=O)CC. The van der Waals surface area contributed by atoms with Crippen LogP contribution in [0.5, 0.6) is 0 Å². The van der Waals surface area contributed by atoms with Gasteiger partial charge in [0.2, 0.25) is 0 Å². The average Bonchev–Trinajstić information content (AvgIpc) is 2.19. The predicted octanol–water partition coefficient (Wildman–Crippen LogP) is 2.93. The number of carbonyl (C=O) groups excluding carboxylic acids is 1. The zero-order valence-corrected chi connectivity index (χ0v) is 9.75. The van der Waals surface area contributed by atoms with Gasteiger partial charge in [0.25, 0.3) is 0 Å². The molecule has 0 rings (SSSR count). The average molecular weight is 200 g/mol. The first kappa shape index (κ1) is 13.6. The second-order valence-corrected chi connectivity index (χ2v) is 3.90. The van der Waals surface area contributed by atoms with Gasteiger partial charge in [0.1, 0.15) is 5.78 Å². The molecule has 0 saturated heterocycles. The molecule has 14 heavy (non-hydrogen) atoms. The minimum atomic E-state index is -0.418. The van der Waals surface area contributed by atoms with Crippen molar-refractivity contribution < 1.29 is 9.90 Å². The van der Waals surface area contributed by atoms with Crippen LogP contribution in [0.3, 0.4) is 0 Å². The van der Waals surface area contributed by atoms with Crippen molar-refractivity contribution in [3.05, 3.63) is 0 Å². The molecule has 0 aliphatic heterocycles. The van der Waals surface area contributed by atoms with Crippen molar-refractivity contribution in [1.82, 2.24) is 0 Å². The highest BCUT2D eigenvalue weighted by Gasteiger charge is 2.22. The van der Waals surface area contributed by atoms with E-state index in [4.69, 9.17) is 0 Å². The smallest absolute Gasteiger partial charge is 0.138 e. The van der Waals surface area contributed by atoms with Gasteiger partial charge in [-0.15, -0.1) is 0 Å². The summed E-state index contributed by atoms with van der Waals surface area (Å²) in [5, 5.41) is 9.82. The Labute approximate surface area is 87.7 Å². The second-order valence-electron chi connectivity index (χ2n) is 3.90. The zero-order chi connectivity index (χ0) is 11.0. The lowest BCUT2D eigenvalue weighted by molar-refractivity contribution is -0.126. The molecular weight excluding hydrogens is 176 g/mol. The summed E-state index contributed by atoms with van der Waals surface area (Å²) in [6, 6.07) is 0. The molecule has 0 heterocycles. The van der Waals surface area contributed by atoms with Crippen molar-refractivity contribution in [3.63, 3.8) is 0 Å². The maximum absolute atomic E-state index is 11.5. The van der Waals surface area contributed by atoms with Gasteiger partial charge in [-0.2, -0.15) is 0 Å². The first-order valence-electron chi connectivity index (χ1n) is 5.88. The van der Waals surface area contributed by atoms with E-state index in [1.807, 2.05) is 13.8 Å². The minimum Gasteiger partial charge on any atom is -0.392 e. The normalized spacial score (nSPS) is 15.1. The summed E-state index contributed by atoms with van der Waals surface area (Å²) in [6.45, 7) is 5.98. The zero-order valence-electron chi connectivity index (χ0n) is 9.75. The summed E-state index contributed by atoms with van der Waals surface area (Å²) in [4.78, 5) is 11.5. The standard InChI is InChI=1S/C12H24O2/c1-4-7-8-9-12(14)10(5-2)11(13)6-3/h10,12,14H,4-9H2,1-3H3/t10-,12+/m0/s1. The van der Waals surface area contributed by atoms with Gasteiger partial charge >= 0.3 is 0 Å². The molecule has 0 aromatic carbocycles. The van der Waals surface area contributed by atoms with Crippen LogP contribution < -0.4 is 0 Å². The molecule has 0 aliphatic rings. The van der Waals surface area contributed by atoms with E-state index >= 15 is 0 Å². The van der Waals surface area contributed by atoms with Crippen LogP contribution in [0.15, 0.2) is 0 Å². The minimum absolute atomic E-state index is 0.128. The Morgan fingerprint density at radius 2 is 1.86 bits per heavy atom. The molecule has 0 saturated carbocycles. The first-order chi connectivity index (χ1) is 6.67. The van der Waals surface area contributed by atoms with Crippen molar-refractivity contribution in [1.29, 1.82) is 0 Å². The summed E-state index contributed by atoms with van der Waals surface area (Å²) in [5.41, 5.74) is 0. The molecule has 2 atom stereocenters. The van der Waals surface area contributed by atoms with E-state index in [0.29, 0.717) is 6.42 Å². The number of unbranched alkanes of at least 4 members (excludes halogenated alkanes) is 2. The van der Waals surface area contributed by atoms with E-state index in [-0.39, 0.29) is 11.7 Å². The Balaban J connectivity index is 3.91. The van der Waals surface area contributed by atoms with Gasteiger partial charge in [0, 0.05) is 12.3 Å². The van der Waals surface area contributed by atoms with Crippen molar-refractivity contribution in [2.75, 3.05) is 0 Å². The van der Waals surface area contributed by atoms with Crippen LogP contribution in [0.4, 0.5) is 0 Å². The molecule has 2 nitrogen and oxygen atoms in total.